The second kappa shape index (κ2) is 13.0. The molecule has 3 unspecified atom stereocenters. The maximum atomic E-state index is 7.33. The molecule has 58 heavy (non-hydrogen) atoms. The number of rotatable bonds is 5. The molecule has 3 heterocycles. The molecule has 0 saturated heterocycles. The standard InChI is InChI=1S/C53H36N4O/c1-4-17-33(18-5-1)42-32-46-47(39-26-13-12-25-38(39)42)40-27-14-15-29-44(40)57(46)45-30-16-28-41-48-37-24-11-10-23-36(37)31-43(50(48)58-49(41)45)53-55-51(34-19-6-2-7-20-34)54-52(56-53)35-21-8-3-9-22-35/h1-32,36-37,51H,(H,54,55,56). The number of hydrogen-bond donors (Lipinski definition) is 1. The molecule has 0 amide bonds. The third-order valence-corrected chi connectivity index (χ3v) is 12.0. The summed E-state index contributed by atoms with van der Waals surface area (Å²) >= 11 is 0. The van der Waals surface area contributed by atoms with Crippen LogP contribution in [0, 0.1) is 5.92 Å². The highest BCUT2D eigenvalue weighted by atomic mass is 16.3. The Morgan fingerprint density at radius 1 is 0.586 bits per heavy atom. The zero-order chi connectivity index (χ0) is 38.2. The van der Waals surface area contributed by atoms with Crippen LogP contribution in [0.5, 0.6) is 0 Å². The van der Waals surface area contributed by atoms with Gasteiger partial charge in [0.1, 0.15) is 17.8 Å². The van der Waals surface area contributed by atoms with Gasteiger partial charge in [0, 0.05) is 39.1 Å². The van der Waals surface area contributed by atoms with Gasteiger partial charge in [-0.05, 0) is 45.7 Å². The van der Waals surface area contributed by atoms with Gasteiger partial charge in [-0.15, -0.1) is 0 Å². The molecule has 0 bridgehead atoms. The number of furan rings is 1. The van der Waals surface area contributed by atoms with E-state index in [0.717, 1.165) is 56.0 Å². The molecule has 5 heteroatoms. The molecule has 2 aromatic heterocycles. The van der Waals surface area contributed by atoms with Gasteiger partial charge in [-0.2, -0.15) is 0 Å². The van der Waals surface area contributed by atoms with Crippen LogP contribution in [-0.2, 0) is 0 Å². The summed E-state index contributed by atoms with van der Waals surface area (Å²) in [5.74, 6) is 2.52. The molecule has 7 aromatic carbocycles. The fourth-order valence-electron chi connectivity index (χ4n) is 9.41. The molecule has 2 aliphatic carbocycles. The minimum absolute atomic E-state index is 0.114. The Morgan fingerprint density at radius 3 is 2.07 bits per heavy atom. The Balaban J connectivity index is 1.11. The lowest BCUT2D eigenvalue weighted by molar-refractivity contribution is 0.572. The largest absolute Gasteiger partial charge is 0.453 e. The van der Waals surface area contributed by atoms with Crippen LogP contribution in [0.25, 0.3) is 65.9 Å². The summed E-state index contributed by atoms with van der Waals surface area (Å²) in [7, 11) is 0. The Bertz CT molecular complexity index is 3260. The van der Waals surface area contributed by atoms with Crippen molar-refractivity contribution in [2.24, 2.45) is 15.9 Å². The molecule has 9 aromatic rings. The smallest absolute Gasteiger partial charge is 0.159 e. The van der Waals surface area contributed by atoms with Gasteiger partial charge in [-0.3, -0.25) is 0 Å². The maximum absolute atomic E-state index is 7.33. The lowest BCUT2D eigenvalue weighted by Gasteiger charge is -2.30. The van der Waals surface area contributed by atoms with Crippen LogP contribution in [0.4, 0.5) is 0 Å². The van der Waals surface area contributed by atoms with Crippen molar-refractivity contribution >= 4 is 60.8 Å². The minimum atomic E-state index is -0.320. The van der Waals surface area contributed by atoms with Gasteiger partial charge in [-0.25, -0.2) is 9.98 Å². The summed E-state index contributed by atoms with van der Waals surface area (Å²) in [4.78, 5) is 10.4. The third-order valence-electron chi connectivity index (χ3n) is 12.0. The lowest BCUT2D eigenvalue weighted by Crippen LogP contribution is -2.35. The number of nitrogens with zero attached hydrogens (tertiary/aromatic N) is 3. The van der Waals surface area contributed by atoms with Crippen LogP contribution in [0.3, 0.4) is 0 Å². The van der Waals surface area contributed by atoms with Gasteiger partial charge in [0.2, 0.25) is 0 Å². The molecule has 0 spiro atoms. The molecule has 1 N–H and O–H groups in total. The summed E-state index contributed by atoms with van der Waals surface area (Å²) in [6, 6.07) is 57.9. The summed E-state index contributed by atoms with van der Waals surface area (Å²) in [5.41, 5.74) is 10.7. The molecule has 3 aliphatic rings. The van der Waals surface area contributed by atoms with Crippen LogP contribution in [0.1, 0.15) is 34.5 Å². The lowest BCUT2D eigenvalue weighted by atomic mass is 9.76. The van der Waals surface area contributed by atoms with E-state index in [2.05, 4.69) is 180 Å². The average Bonchev–Trinajstić information content (AvgIpc) is 3.86. The monoisotopic (exact) mass is 744 g/mol. The number of para-hydroxylation sites is 2. The van der Waals surface area contributed by atoms with E-state index in [1.807, 2.05) is 24.3 Å². The summed E-state index contributed by atoms with van der Waals surface area (Å²) < 4.78 is 9.75. The molecular formula is C53H36N4O. The Labute approximate surface area is 335 Å². The van der Waals surface area contributed by atoms with Crippen molar-refractivity contribution in [3.63, 3.8) is 0 Å². The molecule has 274 valence electrons. The van der Waals surface area contributed by atoms with E-state index >= 15 is 0 Å². The number of aromatic nitrogens is 1. The molecule has 5 nitrogen and oxygen atoms in total. The predicted octanol–water partition coefficient (Wildman–Crippen LogP) is 12.7. The van der Waals surface area contributed by atoms with Gasteiger partial charge in [-0.1, -0.05) is 176 Å². The van der Waals surface area contributed by atoms with Gasteiger partial charge < -0.3 is 14.3 Å². The van der Waals surface area contributed by atoms with Gasteiger partial charge >= 0.3 is 0 Å². The van der Waals surface area contributed by atoms with E-state index in [1.54, 1.807) is 0 Å². The van der Waals surface area contributed by atoms with Crippen LogP contribution in [0.2, 0.25) is 0 Å². The molecule has 0 radical (unpaired) electrons. The fraction of sp³-hybridized carbons (Fsp3) is 0.0566. The number of amidine groups is 2. The van der Waals surface area contributed by atoms with Crippen LogP contribution in [-0.4, -0.2) is 16.2 Å². The Kier molecular flexibility index (Phi) is 7.35. The van der Waals surface area contributed by atoms with Crippen LogP contribution >= 0.6 is 0 Å². The number of aliphatic imine (C=N–C) groups is 2. The SMILES string of the molecule is C1=CC2C=C(C3=NC(c4ccccc4)=NC(c4ccccc4)N3)c3oc4c(-n5c6ccccc6c6c7ccccc7c(-c7ccccc7)cc65)cccc4c3C2C=C1. The summed E-state index contributed by atoms with van der Waals surface area (Å²) in [5, 5.41) is 9.76. The van der Waals surface area contributed by atoms with E-state index in [4.69, 9.17) is 14.4 Å². The molecule has 12 rings (SSSR count). The number of benzene rings is 7. The molecule has 0 fully saturated rings. The minimum Gasteiger partial charge on any atom is -0.453 e. The first kappa shape index (κ1) is 32.7. The summed E-state index contributed by atoms with van der Waals surface area (Å²) in [6.45, 7) is 0. The summed E-state index contributed by atoms with van der Waals surface area (Å²) in [6.07, 6.45) is 10.9. The topological polar surface area (TPSA) is 54.8 Å². The molecule has 3 atom stereocenters. The predicted molar refractivity (Wildman–Crippen MR) is 239 cm³/mol. The van der Waals surface area contributed by atoms with E-state index in [1.165, 1.54) is 38.2 Å². The number of fused-ring (bicyclic) bond motifs is 10. The van der Waals surface area contributed by atoms with E-state index in [0.29, 0.717) is 5.84 Å². The highest BCUT2D eigenvalue weighted by molar-refractivity contribution is 6.29. The van der Waals surface area contributed by atoms with Crippen molar-refractivity contribution in [3.8, 4) is 16.8 Å². The molecule has 0 saturated carbocycles. The van der Waals surface area contributed by atoms with Crippen LogP contribution < -0.4 is 5.32 Å². The second-order valence-electron chi connectivity index (χ2n) is 15.3. The second-order valence-corrected chi connectivity index (χ2v) is 15.3. The Hall–Kier alpha value is -7.50. The average molecular weight is 745 g/mol. The zero-order valence-corrected chi connectivity index (χ0v) is 31.5. The van der Waals surface area contributed by atoms with E-state index in [-0.39, 0.29) is 18.0 Å². The third kappa shape index (κ3) is 5.03. The first-order valence-electron chi connectivity index (χ1n) is 20.0. The van der Waals surface area contributed by atoms with E-state index < -0.39 is 0 Å². The van der Waals surface area contributed by atoms with Crippen molar-refractivity contribution in [2.45, 2.75) is 12.1 Å². The van der Waals surface area contributed by atoms with Gasteiger partial charge in [0.05, 0.1) is 22.3 Å². The van der Waals surface area contributed by atoms with E-state index in [9.17, 15) is 0 Å². The molecular weight excluding hydrogens is 709 g/mol. The maximum Gasteiger partial charge on any atom is 0.159 e. The van der Waals surface area contributed by atoms with Crippen molar-refractivity contribution in [1.29, 1.82) is 0 Å². The Morgan fingerprint density at radius 2 is 1.26 bits per heavy atom. The number of allylic oxidation sites excluding steroid dienone is 5. The first-order chi connectivity index (χ1) is 28.8. The quantitative estimate of drug-likeness (QED) is 0.191. The van der Waals surface area contributed by atoms with Crippen molar-refractivity contribution in [2.75, 3.05) is 0 Å². The van der Waals surface area contributed by atoms with Gasteiger partial charge in [0.25, 0.3) is 0 Å². The highest BCUT2D eigenvalue weighted by Gasteiger charge is 2.37. The first-order valence-corrected chi connectivity index (χ1v) is 20.0. The van der Waals surface area contributed by atoms with Crippen LogP contribution in [0.15, 0.2) is 209 Å². The van der Waals surface area contributed by atoms with Crippen molar-refractivity contribution in [1.82, 2.24) is 9.88 Å². The van der Waals surface area contributed by atoms with Crippen molar-refractivity contribution < 1.29 is 4.42 Å². The number of nitrogens with one attached hydrogen (secondary N) is 1. The number of hydrogen-bond acceptors (Lipinski definition) is 4. The fourth-order valence-corrected chi connectivity index (χ4v) is 9.41. The van der Waals surface area contributed by atoms with Crippen molar-refractivity contribution in [3.05, 3.63) is 217 Å². The zero-order valence-electron chi connectivity index (χ0n) is 31.5. The van der Waals surface area contributed by atoms with Gasteiger partial charge in [0.15, 0.2) is 11.4 Å². The highest BCUT2D eigenvalue weighted by Crippen LogP contribution is 2.49. The molecule has 1 aliphatic heterocycles. The normalized spacial score (nSPS) is 18.5.